The molecule has 2 N–H and O–H groups in total. The lowest BCUT2D eigenvalue weighted by molar-refractivity contribution is -0.173. The number of hydrogen-bond acceptors (Lipinski definition) is 3. The van der Waals surface area contributed by atoms with Crippen LogP contribution >= 0.6 is 0 Å². The Morgan fingerprint density at radius 1 is 1.04 bits per heavy atom. The number of alkyl halides is 3. The molecule has 144 valence electrons. The Kier molecular flexibility index (Phi) is 6.81. The van der Waals surface area contributed by atoms with Crippen molar-refractivity contribution in [3.63, 3.8) is 0 Å². The molecule has 5 nitrogen and oxygen atoms in total. The van der Waals surface area contributed by atoms with E-state index in [1.807, 2.05) is 6.92 Å². The Bertz CT molecular complexity index is 790. The second-order valence-electron chi connectivity index (χ2n) is 5.64. The summed E-state index contributed by atoms with van der Waals surface area (Å²) in [4.78, 5) is 23.2. The van der Waals surface area contributed by atoms with E-state index in [0.717, 1.165) is 5.56 Å². The van der Waals surface area contributed by atoms with Crippen molar-refractivity contribution >= 4 is 17.5 Å². The third-order valence-corrected chi connectivity index (χ3v) is 3.59. The van der Waals surface area contributed by atoms with Gasteiger partial charge in [0.15, 0.2) is 0 Å². The van der Waals surface area contributed by atoms with Crippen molar-refractivity contribution < 1.29 is 27.5 Å². The summed E-state index contributed by atoms with van der Waals surface area (Å²) < 4.78 is 42.2. The maximum Gasteiger partial charge on any atom is 0.471 e. The predicted molar refractivity (Wildman–Crippen MR) is 94.3 cm³/mol. The van der Waals surface area contributed by atoms with Gasteiger partial charge in [-0.2, -0.15) is 13.2 Å². The van der Waals surface area contributed by atoms with Gasteiger partial charge in [0.25, 0.3) is 0 Å². The quantitative estimate of drug-likeness (QED) is 0.773. The predicted octanol–water partition coefficient (Wildman–Crippen LogP) is 3.45. The van der Waals surface area contributed by atoms with E-state index >= 15 is 0 Å². The molecule has 0 unspecified atom stereocenters. The van der Waals surface area contributed by atoms with Gasteiger partial charge in [0, 0.05) is 12.2 Å². The van der Waals surface area contributed by atoms with E-state index in [1.165, 1.54) is 6.07 Å². The number of carbonyl (C=O) groups excluding carboxylic acids is 2. The highest BCUT2D eigenvalue weighted by Gasteiger charge is 2.38. The summed E-state index contributed by atoms with van der Waals surface area (Å²) in [5.41, 5.74) is 1.48. The van der Waals surface area contributed by atoms with Gasteiger partial charge < -0.3 is 15.4 Å². The number of anilines is 1. The monoisotopic (exact) mass is 380 g/mol. The van der Waals surface area contributed by atoms with Crippen LogP contribution in [0.2, 0.25) is 0 Å². The molecule has 27 heavy (non-hydrogen) atoms. The van der Waals surface area contributed by atoms with Crippen molar-refractivity contribution in [2.45, 2.75) is 26.1 Å². The first-order valence-corrected chi connectivity index (χ1v) is 8.24. The zero-order valence-corrected chi connectivity index (χ0v) is 14.6. The van der Waals surface area contributed by atoms with Crippen molar-refractivity contribution in [2.75, 3.05) is 11.9 Å². The molecule has 8 heteroatoms. The van der Waals surface area contributed by atoms with E-state index in [1.54, 1.807) is 47.8 Å². The molecule has 0 saturated heterocycles. The maximum absolute atomic E-state index is 12.3. The van der Waals surface area contributed by atoms with Crippen molar-refractivity contribution in [3.05, 3.63) is 59.7 Å². The Hall–Kier alpha value is -3.03. The molecule has 2 aromatic rings. The van der Waals surface area contributed by atoms with Crippen molar-refractivity contribution in [3.8, 4) is 5.75 Å². The highest BCUT2D eigenvalue weighted by Crippen LogP contribution is 2.18. The molecule has 2 aromatic carbocycles. The molecule has 0 heterocycles. The molecule has 0 radical (unpaired) electrons. The van der Waals surface area contributed by atoms with Gasteiger partial charge in [-0.15, -0.1) is 0 Å². The fourth-order valence-electron chi connectivity index (χ4n) is 2.32. The summed E-state index contributed by atoms with van der Waals surface area (Å²) in [6.45, 7) is 2.06. The van der Waals surface area contributed by atoms with Crippen molar-refractivity contribution in [1.29, 1.82) is 0 Å². The third-order valence-electron chi connectivity index (χ3n) is 3.59. The zero-order chi connectivity index (χ0) is 19.9. The number of nitrogens with one attached hydrogen (secondary N) is 2. The van der Waals surface area contributed by atoms with E-state index < -0.39 is 12.1 Å². The molecule has 0 aliphatic heterocycles. The minimum atomic E-state index is -4.95. The second-order valence-corrected chi connectivity index (χ2v) is 5.64. The summed E-state index contributed by atoms with van der Waals surface area (Å²) in [6, 6.07) is 13.4. The van der Waals surface area contributed by atoms with E-state index in [0.29, 0.717) is 23.6 Å². The van der Waals surface area contributed by atoms with Crippen LogP contribution in [-0.4, -0.2) is 24.6 Å². The Labute approximate surface area is 154 Å². The average Bonchev–Trinajstić information content (AvgIpc) is 2.61. The first-order chi connectivity index (χ1) is 12.8. The van der Waals surface area contributed by atoms with Crippen LogP contribution in [-0.2, 0) is 22.6 Å². The summed E-state index contributed by atoms with van der Waals surface area (Å²) in [6.07, 6.45) is -4.86. The number of carbonyl (C=O) groups is 2. The largest absolute Gasteiger partial charge is 0.494 e. The molecule has 2 amide bonds. The first kappa shape index (κ1) is 20.3. The number of ether oxygens (including phenoxy) is 1. The molecule has 0 bridgehead atoms. The van der Waals surface area contributed by atoms with Crippen LogP contribution in [0, 0.1) is 0 Å². The minimum Gasteiger partial charge on any atom is -0.494 e. The molecule has 0 fully saturated rings. The SMILES string of the molecule is CCOc1ccc(CC(=O)Nc2ccccc2CNC(=O)C(F)(F)F)cc1. The van der Waals surface area contributed by atoms with Crippen LogP contribution in [0.25, 0.3) is 0 Å². The maximum atomic E-state index is 12.3. The smallest absolute Gasteiger partial charge is 0.471 e. The molecular formula is C19H19F3N2O3. The van der Waals surface area contributed by atoms with Crippen LogP contribution in [0.3, 0.4) is 0 Å². The molecule has 0 spiro atoms. The van der Waals surface area contributed by atoms with Crippen molar-refractivity contribution in [2.24, 2.45) is 0 Å². The number of para-hydroxylation sites is 1. The van der Waals surface area contributed by atoms with Gasteiger partial charge in [-0.25, -0.2) is 0 Å². The Morgan fingerprint density at radius 3 is 2.33 bits per heavy atom. The van der Waals surface area contributed by atoms with E-state index in [9.17, 15) is 22.8 Å². The van der Waals surface area contributed by atoms with Crippen LogP contribution in [0.15, 0.2) is 48.5 Å². The molecule has 0 aliphatic carbocycles. The lowest BCUT2D eigenvalue weighted by Crippen LogP contribution is -2.36. The van der Waals surface area contributed by atoms with Gasteiger partial charge >= 0.3 is 12.1 Å². The van der Waals surface area contributed by atoms with E-state index in [-0.39, 0.29) is 18.9 Å². The summed E-state index contributed by atoms with van der Waals surface area (Å²) in [7, 11) is 0. The number of hydrogen-bond donors (Lipinski definition) is 2. The normalized spacial score (nSPS) is 11.0. The Balaban J connectivity index is 1.98. The molecule has 0 saturated carbocycles. The number of amides is 2. The minimum absolute atomic E-state index is 0.0929. The average molecular weight is 380 g/mol. The fraction of sp³-hybridized carbons (Fsp3) is 0.263. The van der Waals surface area contributed by atoms with Gasteiger partial charge in [0.1, 0.15) is 5.75 Å². The third kappa shape index (κ3) is 6.32. The highest BCUT2D eigenvalue weighted by molar-refractivity contribution is 5.93. The lowest BCUT2D eigenvalue weighted by atomic mass is 10.1. The van der Waals surface area contributed by atoms with Crippen LogP contribution in [0.5, 0.6) is 5.75 Å². The molecular weight excluding hydrogens is 361 g/mol. The number of benzene rings is 2. The zero-order valence-electron chi connectivity index (χ0n) is 14.6. The summed E-state index contributed by atoms with van der Waals surface area (Å²) in [5.74, 6) is -1.65. The fourth-order valence-corrected chi connectivity index (χ4v) is 2.32. The molecule has 0 atom stereocenters. The first-order valence-electron chi connectivity index (χ1n) is 8.24. The number of halogens is 3. The van der Waals surface area contributed by atoms with E-state index in [4.69, 9.17) is 4.74 Å². The number of rotatable bonds is 7. The summed E-state index contributed by atoms with van der Waals surface area (Å²) in [5, 5.41) is 4.45. The van der Waals surface area contributed by atoms with Crippen molar-refractivity contribution in [1.82, 2.24) is 5.32 Å². The van der Waals surface area contributed by atoms with Crippen LogP contribution in [0.1, 0.15) is 18.1 Å². The van der Waals surface area contributed by atoms with Crippen LogP contribution in [0.4, 0.5) is 18.9 Å². The molecule has 2 rings (SSSR count). The van der Waals surface area contributed by atoms with Gasteiger partial charge in [-0.1, -0.05) is 30.3 Å². The van der Waals surface area contributed by atoms with Gasteiger partial charge in [0.2, 0.25) is 5.91 Å². The highest BCUT2D eigenvalue weighted by atomic mass is 19.4. The topological polar surface area (TPSA) is 67.4 Å². The van der Waals surface area contributed by atoms with Gasteiger partial charge in [0.05, 0.1) is 13.0 Å². The Morgan fingerprint density at radius 2 is 1.70 bits per heavy atom. The summed E-state index contributed by atoms with van der Waals surface area (Å²) >= 11 is 0. The lowest BCUT2D eigenvalue weighted by Gasteiger charge is -2.13. The molecule has 0 aromatic heterocycles. The van der Waals surface area contributed by atoms with Crippen LogP contribution < -0.4 is 15.4 Å². The standard InChI is InChI=1S/C19H19F3N2O3/c1-2-27-15-9-7-13(8-10-15)11-17(25)24-16-6-4-3-5-14(16)12-23-18(26)19(20,21)22/h3-10H,2,11-12H2,1H3,(H,23,26)(H,24,25). The van der Waals surface area contributed by atoms with Gasteiger partial charge in [-0.05, 0) is 36.2 Å². The second kappa shape index (κ2) is 9.07. The molecule has 0 aliphatic rings. The van der Waals surface area contributed by atoms with E-state index in [2.05, 4.69) is 5.32 Å². The van der Waals surface area contributed by atoms with Gasteiger partial charge in [-0.3, -0.25) is 9.59 Å².